The van der Waals surface area contributed by atoms with Crippen LogP contribution in [0.2, 0.25) is 0 Å². The molecule has 0 N–H and O–H groups in total. The molecule has 2 saturated heterocycles. The van der Waals surface area contributed by atoms with Gasteiger partial charge in [0, 0.05) is 24.8 Å². The van der Waals surface area contributed by atoms with Crippen LogP contribution < -0.4 is 4.90 Å². The van der Waals surface area contributed by atoms with Crippen molar-refractivity contribution in [3.63, 3.8) is 0 Å². The summed E-state index contributed by atoms with van der Waals surface area (Å²) < 4.78 is 10.7. The van der Waals surface area contributed by atoms with E-state index in [4.69, 9.17) is 19.3 Å². The van der Waals surface area contributed by atoms with Crippen molar-refractivity contribution in [2.75, 3.05) is 57.5 Å². The first-order chi connectivity index (χ1) is 13.7. The molecule has 0 saturated carbocycles. The van der Waals surface area contributed by atoms with Crippen LogP contribution in [0.3, 0.4) is 0 Å². The largest absolute Gasteiger partial charge is 0.379 e. The molecule has 0 bridgehead atoms. The zero-order valence-corrected chi connectivity index (χ0v) is 16.0. The molecule has 3 heterocycles. The minimum absolute atomic E-state index is 0.359. The molecule has 1 aromatic heterocycles. The van der Waals surface area contributed by atoms with E-state index in [1.54, 1.807) is 11.3 Å². The van der Waals surface area contributed by atoms with Gasteiger partial charge in [-0.3, -0.25) is 0 Å². The SMILES string of the molecule is Cc1ccccc1-c1nc(N2CCOCC2)ncc1C(=O)ON1CCOCC1. The lowest BCUT2D eigenvalue weighted by Gasteiger charge is -2.28. The third-order valence-corrected chi connectivity index (χ3v) is 4.87. The first-order valence-electron chi connectivity index (χ1n) is 9.53. The maximum Gasteiger partial charge on any atom is 0.360 e. The Morgan fingerprint density at radius 2 is 1.71 bits per heavy atom. The minimum Gasteiger partial charge on any atom is -0.379 e. The monoisotopic (exact) mass is 384 g/mol. The number of morpholine rings is 2. The van der Waals surface area contributed by atoms with E-state index in [0.717, 1.165) is 24.2 Å². The van der Waals surface area contributed by atoms with Gasteiger partial charge in [-0.05, 0) is 12.5 Å². The van der Waals surface area contributed by atoms with Crippen molar-refractivity contribution >= 4 is 11.9 Å². The highest BCUT2D eigenvalue weighted by atomic mass is 16.7. The van der Waals surface area contributed by atoms with Crippen molar-refractivity contribution in [2.45, 2.75) is 6.92 Å². The Bertz CT molecular complexity index is 833. The Balaban J connectivity index is 1.68. The number of rotatable bonds is 4. The summed E-state index contributed by atoms with van der Waals surface area (Å²) in [5, 5.41) is 1.63. The molecule has 0 aliphatic carbocycles. The summed E-state index contributed by atoms with van der Waals surface area (Å²) in [5.41, 5.74) is 2.88. The number of hydrogen-bond donors (Lipinski definition) is 0. The fraction of sp³-hybridized carbons (Fsp3) is 0.450. The van der Waals surface area contributed by atoms with E-state index in [1.807, 2.05) is 31.2 Å². The molecule has 2 fully saturated rings. The molecule has 2 aromatic rings. The fourth-order valence-electron chi connectivity index (χ4n) is 3.29. The van der Waals surface area contributed by atoms with Crippen LogP contribution in [-0.2, 0) is 14.3 Å². The van der Waals surface area contributed by atoms with Gasteiger partial charge in [-0.2, -0.15) is 0 Å². The van der Waals surface area contributed by atoms with E-state index in [2.05, 4.69) is 9.88 Å². The molecule has 28 heavy (non-hydrogen) atoms. The molecule has 8 heteroatoms. The lowest BCUT2D eigenvalue weighted by Crippen LogP contribution is -2.38. The molecule has 0 amide bonds. The van der Waals surface area contributed by atoms with E-state index in [-0.39, 0.29) is 0 Å². The summed E-state index contributed by atoms with van der Waals surface area (Å²) in [5.74, 6) is 0.151. The number of ether oxygens (including phenoxy) is 2. The second kappa shape index (κ2) is 8.64. The second-order valence-electron chi connectivity index (χ2n) is 6.77. The maximum absolute atomic E-state index is 12.9. The quantitative estimate of drug-likeness (QED) is 0.788. The first kappa shape index (κ1) is 18.8. The molecule has 148 valence electrons. The molecule has 1 aromatic carbocycles. The summed E-state index contributed by atoms with van der Waals surface area (Å²) in [7, 11) is 0. The van der Waals surface area contributed by atoms with Gasteiger partial charge in [-0.1, -0.05) is 24.3 Å². The second-order valence-corrected chi connectivity index (χ2v) is 6.77. The number of benzene rings is 1. The molecule has 2 aliphatic heterocycles. The summed E-state index contributed by atoms with van der Waals surface area (Å²) in [6, 6.07) is 7.87. The van der Waals surface area contributed by atoms with Crippen LogP contribution in [0.25, 0.3) is 11.3 Å². The lowest BCUT2D eigenvalue weighted by molar-refractivity contribution is -0.150. The standard InChI is InChI=1S/C20H24N4O4/c1-15-4-2-3-5-16(15)18-17(19(25)28-24-8-12-27-13-9-24)14-21-20(22-18)23-6-10-26-11-7-23/h2-5,14H,6-13H2,1H3. The average Bonchev–Trinajstić information content (AvgIpc) is 2.75. The number of anilines is 1. The molecule has 0 atom stereocenters. The normalized spacial score (nSPS) is 18.1. The Morgan fingerprint density at radius 3 is 2.43 bits per heavy atom. The van der Waals surface area contributed by atoms with Crippen molar-refractivity contribution in [1.82, 2.24) is 15.0 Å². The van der Waals surface area contributed by atoms with Crippen molar-refractivity contribution in [2.24, 2.45) is 0 Å². The number of hydrogen-bond acceptors (Lipinski definition) is 8. The van der Waals surface area contributed by atoms with Gasteiger partial charge in [0.1, 0.15) is 5.56 Å². The highest BCUT2D eigenvalue weighted by Crippen LogP contribution is 2.27. The predicted octanol–water partition coefficient (Wildman–Crippen LogP) is 1.69. The van der Waals surface area contributed by atoms with E-state index >= 15 is 0 Å². The van der Waals surface area contributed by atoms with Gasteiger partial charge in [0.15, 0.2) is 0 Å². The van der Waals surface area contributed by atoms with Crippen LogP contribution in [0.15, 0.2) is 30.5 Å². The van der Waals surface area contributed by atoms with E-state index < -0.39 is 5.97 Å². The van der Waals surface area contributed by atoms with Gasteiger partial charge in [-0.15, -0.1) is 5.06 Å². The Labute approximate surface area is 164 Å². The van der Waals surface area contributed by atoms with Gasteiger partial charge >= 0.3 is 5.97 Å². The van der Waals surface area contributed by atoms with Crippen LogP contribution in [0.1, 0.15) is 15.9 Å². The summed E-state index contributed by atoms with van der Waals surface area (Å²) >= 11 is 0. The van der Waals surface area contributed by atoms with Crippen molar-refractivity contribution in [1.29, 1.82) is 0 Å². The number of carbonyl (C=O) groups excluding carboxylic acids is 1. The van der Waals surface area contributed by atoms with Gasteiger partial charge < -0.3 is 19.2 Å². The van der Waals surface area contributed by atoms with Crippen molar-refractivity contribution in [3.8, 4) is 11.3 Å². The number of aryl methyl sites for hydroxylation is 1. The van der Waals surface area contributed by atoms with Crippen LogP contribution in [0.5, 0.6) is 0 Å². The number of aromatic nitrogens is 2. The van der Waals surface area contributed by atoms with E-state index in [0.29, 0.717) is 56.7 Å². The highest BCUT2D eigenvalue weighted by molar-refractivity contribution is 5.96. The molecule has 2 aliphatic rings. The minimum atomic E-state index is -0.450. The van der Waals surface area contributed by atoms with Gasteiger partial charge in [0.05, 0.1) is 45.2 Å². The molecular formula is C20H24N4O4. The molecule has 0 spiro atoms. The van der Waals surface area contributed by atoms with E-state index in [9.17, 15) is 4.79 Å². The molecule has 0 radical (unpaired) electrons. The molecule has 0 unspecified atom stereocenters. The highest BCUT2D eigenvalue weighted by Gasteiger charge is 2.24. The van der Waals surface area contributed by atoms with Gasteiger partial charge in [0.2, 0.25) is 5.95 Å². The molecule has 4 rings (SSSR count). The smallest absolute Gasteiger partial charge is 0.360 e. The van der Waals surface area contributed by atoms with Crippen molar-refractivity contribution < 1.29 is 19.1 Å². The summed E-state index contributed by atoms with van der Waals surface area (Å²) in [6.45, 7) is 6.94. The Kier molecular flexibility index (Phi) is 5.80. The zero-order valence-electron chi connectivity index (χ0n) is 16.0. The third kappa shape index (κ3) is 4.14. The van der Waals surface area contributed by atoms with Crippen LogP contribution in [-0.4, -0.2) is 73.6 Å². The number of hydroxylamine groups is 2. The number of nitrogens with zero attached hydrogens (tertiary/aromatic N) is 4. The van der Waals surface area contributed by atoms with Crippen LogP contribution >= 0.6 is 0 Å². The molecular weight excluding hydrogens is 360 g/mol. The summed E-state index contributed by atoms with van der Waals surface area (Å²) in [4.78, 5) is 29.7. The van der Waals surface area contributed by atoms with Gasteiger partial charge in [-0.25, -0.2) is 14.8 Å². The average molecular weight is 384 g/mol. The van der Waals surface area contributed by atoms with Crippen LogP contribution in [0.4, 0.5) is 5.95 Å². The number of carbonyl (C=O) groups is 1. The lowest BCUT2D eigenvalue weighted by atomic mass is 10.0. The predicted molar refractivity (Wildman–Crippen MR) is 103 cm³/mol. The Hall–Kier alpha value is -2.55. The molecule has 8 nitrogen and oxygen atoms in total. The summed E-state index contributed by atoms with van der Waals surface area (Å²) in [6.07, 6.45) is 1.57. The van der Waals surface area contributed by atoms with Crippen molar-refractivity contribution in [3.05, 3.63) is 41.6 Å². The van der Waals surface area contributed by atoms with Crippen LogP contribution in [0, 0.1) is 6.92 Å². The maximum atomic E-state index is 12.9. The Morgan fingerprint density at radius 1 is 1.04 bits per heavy atom. The topological polar surface area (TPSA) is 77.0 Å². The fourth-order valence-corrected chi connectivity index (χ4v) is 3.29. The van der Waals surface area contributed by atoms with Gasteiger partial charge in [0.25, 0.3) is 0 Å². The van der Waals surface area contributed by atoms with E-state index in [1.165, 1.54) is 0 Å². The first-order valence-corrected chi connectivity index (χ1v) is 9.53. The third-order valence-electron chi connectivity index (χ3n) is 4.87. The zero-order chi connectivity index (χ0) is 19.3.